The molecule has 2 aromatic carbocycles. The van der Waals surface area contributed by atoms with Crippen molar-refractivity contribution in [3.8, 4) is 11.4 Å². The average molecular weight is 473 g/mol. The van der Waals surface area contributed by atoms with Crippen molar-refractivity contribution in [3.63, 3.8) is 0 Å². The smallest absolute Gasteiger partial charge is 0.251 e. The molecule has 1 aromatic heterocycles. The Morgan fingerprint density at radius 2 is 1.82 bits per heavy atom. The predicted molar refractivity (Wildman–Crippen MR) is 124 cm³/mol. The van der Waals surface area contributed by atoms with Crippen molar-refractivity contribution in [2.75, 3.05) is 11.4 Å². The van der Waals surface area contributed by atoms with Gasteiger partial charge in [-0.05, 0) is 60.9 Å². The zero-order valence-electron chi connectivity index (χ0n) is 18.7. The van der Waals surface area contributed by atoms with Crippen molar-refractivity contribution in [2.24, 2.45) is 5.92 Å². The third-order valence-corrected chi connectivity index (χ3v) is 5.25. The Labute approximate surface area is 196 Å². The zero-order chi connectivity index (χ0) is 24.0. The largest absolute Gasteiger partial charge is 0.354 e. The molecule has 174 valence electrons. The first-order chi connectivity index (χ1) is 15.8. The van der Waals surface area contributed by atoms with Gasteiger partial charge in [-0.1, -0.05) is 37.6 Å². The van der Waals surface area contributed by atoms with Crippen molar-refractivity contribution in [1.82, 2.24) is 25.5 Å². The van der Waals surface area contributed by atoms with Crippen LogP contribution in [0.1, 0.15) is 27.2 Å². The number of nitrogens with zero attached hydrogens (tertiary/aromatic N) is 5. The van der Waals surface area contributed by atoms with Gasteiger partial charge in [-0.2, -0.15) is 4.80 Å². The number of carbonyl (C=O) groups is 2. The van der Waals surface area contributed by atoms with E-state index in [1.807, 2.05) is 13.8 Å². The summed E-state index contributed by atoms with van der Waals surface area (Å²) in [4.78, 5) is 28.2. The van der Waals surface area contributed by atoms with E-state index in [2.05, 4.69) is 20.7 Å². The Morgan fingerprint density at radius 3 is 2.48 bits per heavy atom. The summed E-state index contributed by atoms with van der Waals surface area (Å²) in [6.07, 6.45) is 0.794. The molecule has 0 saturated carbocycles. The molecule has 0 aliphatic carbocycles. The lowest BCUT2D eigenvalue weighted by atomic mass is 10.1. The van der Waals surface area contributed by atoms with Gasteiger partial charge in [0.1, 0.15) is 18.4 Å². The molecule has 0 saturated heterocycles. The zero-order valence-corrected chi connectivity index (χ0v) is 19.5. The number of anilines is 1. The standard InChI is InChI=1S/C23H26ClFN6O2/c1-15(2)12-13-26-23(33)16(3)31(20-7-5-4-6-19(20)25)21(32)14-30-28-22(27-29-30)17-8-10-18(24)11-9-17/h4-11,15-16H,12-14H2,1-3H3,(H,26,33)/t16-/m0/s1. The van der Waals surface area contributed by atoms with Crippen LogP contribution in [-0.4, -0.2) is 44.6 Å². The van der Waals surface area contributed by atoms with E-state index in [0.717, 1.165) is 16.1 Å². The number of hydrogen-bond donors (Lipinski definition) is 1. The number of para-hydroxylation sites is 1. The van der Waals surface area contributed by atoms with Gasteiger partial charge in [-0.3, -0.25) is 14.5 Å². The van der Waals surface area contributed by atoms with E-state index in [0.29, 0.717) is 28.9 Å². The summed E-state index contributed by atoms with van der Waals surface area (Å²) in [6, 6.07) is 11.7. The molecule has 3 rings (SSSR count). The fourth-order valence-corrected chi connectivity index (χ4v) is 3.30. The maximum absolute atomic E-state index is 14.6. The highest BCUT2D eigenvalue weighted by molar-refractivity contribution is 6.30. The Kier molecular flexibility index (Phi) is 8.11. The van der Waals surface area contributed by atoms with Crippen molar-refractivity contribution in [1.29, 1.82) is 0 Å². The van der Waals surface area contributed by atoms with Gasteiger partial charge >= 0.3 is 0 Å². The van der Waals surface area contributed by atoms with E-state index in [4.69, 9.17) is 11.6 Å². The Hall–Kier alpha value is -3.33. The van der Waals surface area contributed by atoms with Crippen LogP contribution in [0.4, 0.5) is 10.1 Å². The van der Waals surface area contributed by atoms with Crippen LogP contribution in [0.2, 0.25) is 5.02 Å². The number of benzene rings is 2. The number of carbonyl (C=O) groups excluding carboxylic acids is 2. The number of halogens is 2. The summed E-state index contributed by atoms with van der Waals surface area (Å²) in [7, 11) is 0. The molecule has 10 heteroatoms. The monoisotopic (exact) mass is 472 g/mol. The average Bonchev–Trinajstić information content (AvgIpc) is 3.23. The molecule has 1 atom stereocenters. The Balaban J connectivity index is 1.80. The fourth-order valence-electron chi connectivity index (χ4n) is 3.18. The minimum Gasteiger partial charge on any atom is -0.354 e. The first kappa shape index (κ1) is 24.3. The van der Waals surface area contributed by atoms with Gasteiger partial charge in [0.05, 0.1) is 5.69 Å². The highest BCUT2D eigenvalue weighted by atomic mass is 35.5. The lowest BCUT2D eigenvalue weighted by Gasteiger charge is -2.28. The van der Waals surface area contributed by atoms with E-state index >= 15 is 0 Å². The highest BCUT2D eigenvalue weighted by Crippen LogP contribution is 2.22. The number of rotatable bonds is 9. The molecule has 0 spiro atoms. The molecule has 3 aromatic rings. The lowest BCUT2D eigenvalue weighted by molar-refractivity contribution is -0.126. The normalized spacial score (nSPS) is 11.9. The molecular weight excluding hydrogens is 447 g/mol. The third kappa shape index (κ3) is 6.35. The van der Waals surface area contributed by atoms with E-state index in [1.54, 1.807) is 37.3 Å². The molecule has 1 N–H and O–H groups in total. The van der Waals surface area contributed by atoms with Crippen LogP contribution in [0, 0.1) is 11.7 Å². The van der Waals surface area contributed by atoms with Crippen LogP contribution in [0.3, 0.4) is 0 Å². The summed E-state index contributed by atoms with van der Waals surface area (Å²) in [5.41, 5.74) is 0.689. The minimum absolute atomic E-state index is 0.00653. The van der Waals surface area contributed by atoms with Gasteiger partial charge in [0.25, 0.3) is 5.91 Å². The molecule has 8 nitrogen and oxygen atoms in total. The third-order valence-electron chi connectivity index (χ3n) is 5.00. The summed E-state index contributed by atoms with van der Waals surface area (Å²) >= 11 is 5.91. The molecule has 1 heterocycles. The summed E-state index contributed by atoms with van der Waals surface area (Å²) in [5.74, 6) is -0.803. The first-order valence-corrected chi connectivity index (χ1v) is 11.0. The number of tetrazole rings is 1. The number of aromatic nitrogens is 4. The molecule has 0 radical (unpaired) electrons. The van der Waals surface area contributed by atoms with E-state index < -0.39 is 17.8 Å². The molecule has 0 aliphatic rings. The molecule has 0 bridgehead atoms. The highest BCUT2D eigenvalue weighted by Gasteiger charge is 2.30. The van der Waals surface area contributed by atoms with Crippen molar-refractivity contribution < 1.29 is 14.0 Å². The second-order valence-corrected chi connectivity index (χ2v) is 8.45. The van der Waals surface area contributed by atoms with Gasteiger partial charge in [0, 0.05) is 17.1 Å². The molecule has 0 unspecified atom stereocenters. The van der Waals surface area contributed by atoms with Gasteiger partial charge in [-0.15, -0.1) is 10.2 Å². The maximum Gasteiger partial charge on any atom is 0.251 e. The number of hydrogen-bond acceptors (Lipinski definition) is 5. The van der Waals surface area contributed by atoms with Crippen molar-refractivity contribution >= 4 is 29.1 Å². The fraction of sp³-hybridized carbons (Fsp3) is 0.348. The molecule has 0 fully saturated rings. The Morgan fingerprint density at radius 1 is 1.12 bits per heavy atom. The minimum atomic E-state index is -0.944. The summed E-state index contributed by atoms with van der Waals surface area (Å²) in [5, 5.41) is 15.5. The SMILES string of the molecule is CC(C)CCNC(=O)[C@H](C)N(C(=O)Cn1nnc(-c2ccc(Cl)cc2)n1)c1ccccc1F. The number of amides is 2. The van der Waals surface area contributed by atoms with Crippen LogP contribution in [0.15, 0.2) is 48.5 Å². The van der Waals surface area contributed by atoms with Crippen LogP contribution >= 0.6 is 11.6 Å². The lowest BCUT2D eigenvalue weighted by Crippen LogP contribution is -2.50. The molecule has 33 heavy (non-hydrogen) atoms. The second-order valence-electron chi connectivity index (χ2n) is 8.02. The van der Waals surface area contributed by atoms with Gasteiger partial charge in [0.2, 0.25) is 11.7 Å². The molecule has 2 amide bonds. The second kappa shape index (κ2) is 11.0. The molecular formula is C23H26ClFN6O2. The maximum atomic E-state index is 14.6. The quantitative estimate of drug-likeness (QED) is 0.512. The van der Waals surface area contributed by atoms with Crippen LogP contribution in [0.25, 0.3) is 11.4 Å². The predicted octanol–water partition coefficient (Wildman–Crippen LogP) is 3.72. The molecule has 0 aliphatic heterocycles. The van der Waals surface area contributed by atoms with Crippen LogP contribution in [-0.2, 0) is 16.1 Å². The van der Waals surface area contributed by atoms with Crippen molar-refractivity contribution in [2.45, 2.75) is 39.8 Å². The topological polar surface area (TPSA) is 93.0 Å². The first-order valence-electron chi connectivity index (χ1n) is 10.6. The van der Waals surface area contributed by atoms with E-state index in [-0.39, 0.29) is 18.1 Å². The van der Waals surface area contributed by atoms with Crippen LogP contribution in [0.5, 0.6) is 0 Å². The van der Waals surface area contributed by atoms with E-state index in [9.17, 15) is 14.0 Å². The van der Waals surface area contributed by atoms with Crippen molar-refractivity contribution in [3.05, 3.63) is 59.4 Å². The number of nitrogens with one attached hydrogen (secondary N) is 1. The summed E-state index contributed by atoms with van der Waals surface area (Å²) < 4.78 is 14.6. The summed E-state index contributed by atoms with van der Waals surface area (Å²) in [6.45, 7) is 5.80. The Bertz CT molecular complexity index is 1100. The van der Waals surface area contributed by atoms with Gasteiger partial charge < -0.3 is 5.32 Å². The van der Waals surface area contributed by atoms with E-state index in [1.165, 1.54) is 18.2 Å². The van der Waals surface area contributed by atoms with Crippen LogP contribution < -0.4 is 10.2 Å². The van der Waals surface area contributed by atoms with Gasteiger partial charge in [-0.25, -0.2) is 4.39 Å². The van der Waals surface area contributed by atoms with Gasteiger partial charge in [0.15, 0.2) is 0 Å².